The van der Waals surface area contributed by atoms with Crippen molar-refractivity contribution in [3.05, 3.63) is 46.3 Å². The third-order valence-electron chi connectivity index (χ3n) is 4.91. The van der Waals surface area contributed by atoms with Crippen LogP contribution in [-0.2, 0) is 6.42 Å². The molecule has 0 unspecified atom stereocenters. The average Bonchev–Trinajstić information content (AvgIpc) is 3.18. The second-order valence-electron chi connectivity index (χ2n) is 6.63. The molecule has 0 aliphatic carbocycles. The summed E-state index contributed by atoms with van der Waals surface area (Å²) in [6.45, 7) is 5.41. The van der Waals surface area contributed by atoms with E-state index in [4.69, 9.17) is 0 Å². The smallest absolute Gasteiger partial charge is 0.230 e. The number of rotatable bonds is 4. The lowest BCUT2D eigenvalue weighted by molar-refractivity contribution is 0.125. The number of halogens is 1. The van der Waals surface area contributed by atoms with Gasteiger partial charge in [0.2, 0.25) is 10.8 Å². The first-order valence-electron chi connectivity index (χ1n) is 8.82. The topological polar surface area (TPSA) is 56.9 Å². The molecule has 1 atom stereocenters. The van der Waals surface area contributed by atoms with E-state index in [1.165, 1.54) is 21.9 Å². The molecule has 0 amide bonds. The molecular formula is C18H22FN5OS. The maximum absolute atomic E-state index is 14.6. The SMILES string of the molecule is CCc1nc2sc([C@H](c3ccccc3F)N3CCN(C)CC3)c(O)n2n1. The Morgan fingerprint density at radius 1 is 1.23 bits per heavy atom. The molecule has 0 bridgehead atoms. The molecule has 2 aromatic heterocycles. The molecule has 1 fully saturated rings. The molecule has 8 heteroatoms. The first kappa shape index (κ1) is 17.4. The summed E-state index contributed by atoms with van der Waals surface area (Å²) in [6, 6.07) is 6.46. The van der Waals surface area contributed by atoms with Crippen molar-refractivity contribution >= 4 is 16.3 Å². The molecule has 0 radical (unpaired) electrons. The van der Waals surface area contributed by atoms with E-state index >= 15 is 0 Å². The van der Waals surface area contributed by atoms with Gasteiger partial charge in [0.25, 0.3) is 0 Å². The number of likely N-dealkylation sites (N-methyl/N-ethyl adjacent to an activating group) is 1. The lowest BCUT2D eigenvalue weighted by Crippen LogP contribution is -2.46. The van der Waals surface area contributed by atoms with Gasteiger partial charge in [-0.15, -0.1) is 5.10 Å². The minimum absolute atomic E-state index is 0.0596. The summed E-state index contributed by atoms with van der Waals surface area (Å²) in [6.07, 6.45) is 0.707. The van der Waals surface area contributed by atoms with E-state index in [1.54, 1.807) is 12.1 Å². The Morgan fingerprint density at radius 2 is 1.96 bits per heavy atom. The number of thiazole rings is 1. The summed E-state index contributed by atoms with van der Waals surface area (Å²) in [5, 5.41) is 15.2. The number of aromatic hydroxyl groups is 1. The zero-order chi connectivity index (χ0) is 18.3. The third kappa shape index (κ3) is 2.98. The molecule has 1 N–H and O–H groups in total. The van der Waals surface area contributed by atoms with Crippen LogP contribution in [-0.4, -0.2) is 62.7 Å². The molecule has 26 heavy (non-hydrogen) atoms. The lowest BCUT2D eigenvalue weighted by Gasteiger charge is -2.37. The van der Waals surface area contributed by atoms with Crippen molar-refractivity contribution in [2.75, 3.05) is 33.2 Å². The Kier molecular flexibility index (Phi) is 4.64. The van der Waals surface area contributed by atoms with E-state index in [2.05, 4.69) is 26.9 Å². The van der Waals surface area contributed by atoms with E-state index < -0.39 is 0 Å². The maximum atomic E-state index is 14.6. The third-order valence-corrected chi connectivity index (χ3v) is 5.98. The Bertz CT molecular complexity index is 916. The van der Waals surface area contributed by atoms with Crippen LogP contribution < -0.4 is 0 Å². The number of hydrogen-bond donors (Lipinski definition) is 1. The fourth-order valence-electron chi connectivity index (χ4n) is 3.40. The Balaban J connectivity index is 1.81. The summed E-state index contributed by atoms with van der Waals surface area (Å²) in [7, 11) is 2.09. The van der Waals surface area contributed by atoms with Crippen LogP contribution in [0.3, 0.4) is 0 Å². The van der Waals surface area contributed by atoms with Gasteiger partial charge in [-0.25, -0.2) is 9.37 Å². The van der Waals surface area contributed by atoms with Crippen LogP contribution in [0.4, 0.5) is 4.39 Å². The number of piperazine rings is 1. The van der Waals surface area contributed by atoms with Crippen LogP contribution in [0.25, 0.3) is 4.96 Å². The fourth-order valence-corrected chi connectivity index (χ4v) is 4.53. The van der Waals surface area contributed by atoms with Crippen LogP contribution in [0.15, 0.2) is 24.3 Å². The van der Waals surface area contributed by atoms with Crippen LogP contribution in [0, 0.1) is 5.82 Å². The van der Waals surface area contributed by atoms with E-state index in [9.17, 15) is 9.50 Å². The second-order valence-corrected chi connectivity index (χ2v) is 7.64. The number of aromatic nitrogens is 3. The normalized spacial score (nSPS) is 17.8. The van der Waals surface area contributed by atoms with Crippen molar-refractivity contribution < 1.29 is 9.50 Å². The molecule has 1 aliphatic rings. The monoisotopic (exact) mass is 375 g/mol. The summed E-state index contributed by atoms with van der Waals surface area (Å²) in [4.78, 5) is 10.3. The van der Waals surface area contributed by atoms with Crippen LogP contribution in [0.2, 0.25) is 0 Å². The fraction of sp³-hybridized carbons (Fsp3) is 0.444. The molecule has 138 valence electrons. The average molecular weight is 375 g/mol. The summed E-state index contributed by atoms with van der Waals surface area (Å²) in [5.41, 5.74) is 0.576. The van der Waals surface area contributed by atoms with Gasteiger partial charge < -0.3 is 10.0 Å². The molecule has 0 saturated carbocycles. The summed E-state index contributed by atoms with van der Waals surface area (Å²) in [5.74, 6) is 0.494. The van der Waals surface area contributed by atoms with E-state index in [-0.39, 0.29) is 17.7 Å². The highest BCUT2D eigenvalue weighted by atomic mass is 32.1. The van der Waals surface area contributed by atoms with Crippen molar-refractivity contribution in [3.8, 4) is 5.88 Å². The van der Waals surface area contributed by atoms with Crippen molar-refractivity contribution in [2.24, 2.45) is 0 Å². The van der Waals surface area contributed by atoms with Crippen molar-refractivity contribution in [2.45, 2.75) is 19.4 Å². The molecule has 0 spiro atoms. The molecular weight excluding hydrogens is 353 g/mol. The zero-order valence-corrected chi connectivity index (χ0v) is 15.7. The number of nitrogens with zero attached hydrogens (tertiary/aromatic N) is 5. The predicted molar refractivity (Wildman–Crippen MR) is 99.2 cm³/mol. The van der Waals surface area contributed by atoms with Gasteiger partial charge in [0, 0.05) is 38.2 Å². The van der Waals surface area contributed by atoms with Gasteiger partial charge in [0.1, 0.15) is 5.82 Å². The molecule has 3 heterocycles. The molecule has 4 rings (SSSR count). The van der Waals surface area contributed by atoms with E-state index in [0.717, 1.165) is 26.2 Å². The van der Waals surface area contributed by atoms with Crippen LogP contribution in [0.5, 0.6) is 5.88 Å². The Morgan fingerprint density at radius 3 is 2.62 bits per heavy atom. The molecule has 1 saturated heterocycles. The largest absolute Gasteiger partial charge is 0.492 e. The van der Waals surface area contributed by atoms with Crippen molar-refractivity contribution in [3.63, 3.8) is 0 Å². The highest BCUT2D eigenvalue weighted by molar-refractivity contribution is 7.17. The van der Waals surface area contributed by atoms with Gasteiger partial charge in [-0.1, -0.05) is 36.5 Å². The van der Waals surface area contributed by atoms with Gasteiger partial charge in [-0.05, 0) is 13.1 Å². The highest BCUT2D eigenvalue weighted by Gasteiger charge is 2.32. The zero-order valence-electron chi connectivity index (χ0n) is 14.9. The van der Waals surface area contributed by atoms with Gasteiger partial charge in [0.15, 0.2) is 5.82 Å². The molecule has 3 aromatic rings. The maximum Gasteiger partial charge on any atom is 0.230 e. The minimum Gasteiger partial charge on any atom is -0.492 e. The van der Waals surface area contributed by atoms with Crippen LogP contribution in [0.1, 0.15) is 29.2 Å². The summed E-state index contributed by atoms with van der Waals surface area (Å²) >= 11 is 1.38. The van der Waals surface area contributed by atoms with Gasteiger partial charge in [-0.2, -0.15) is 4.52 Å². The first-order chi connectivity index (χ1) is 12.6. The Hall–Kier alpha value is -2.03. The number of fused-ring (bicyclic) bond motifs is 1. The molecule has 1 aromatic carbocycles. The van der Waals surface area contributed by atoms with Crippen LogP contribution >= 0.6 is 11.3 Å². The number of benzene rings is 1. The Labute approximate surface area is 155 Å². The standard InChI is InChI=1S/C18H22FN5OS/c1-3-14-20-18-24(21-14)17(25)16(26-18)15(12-6-4-5-7-13(12)19)23-10-8-22(2)9-11-23/h4-7,15,25H,3,8-11H2,1-2H3/t15-/m0/s1. The second kappa shape index (κ2) is 6.94. The molecule has 1 aliphatic heterocycles. The van der Waals surface area contributed by atoms with Crippen molar-refractivity contribution in [1.82, 2.24) is 24.4 Å². The van der Waals surface area contributed by atoms with Crippen molar-refractivity contribution in [1.29, 1.82) is 0 Å². The minimum atomic E-state index is -0.344. The number of hydrogen-bond acceptors (Lipinski definition) is 6. The quantitative estimate of drug-likeness (QED) is 0.759. The predicted octanol–water partition coefficient (Wildman–Crippen LogP) is 2.53. The molecule has 6 nitrogen and oxygen atoms in total. The first-order valence-corrected chi connectivity index (χ1v) is 9.64. The summed E-state index contributed by atoms with van der Waals surface area (Å²) < 4.78 is 16.1. The van der Waals surface area contributed by atoms with Gasteiger partial charge in [-0.3, -0.25) is 4.90 Å². The van der Waals surface area contributed by atoms with E-state index in [0.29, 0.717) is 27.6 Å². The highest BCUT2D eigenvalue weighted by Crippen LogP contribution is 2.40. The van der Waals surface area contributed by atoms with Gasteiger partial charge in [0.05, 0.1) is 10.9 Å². The number of aryl methyl sites for hydroxylation is 1. The van der Waals surface area contributed by atoms with Gasteiger partial charge >= 0.3 is 0 Å². The van der Waals surface area contributed by atoms with E-state index in [1.807, 2.05) is 13.0 Å². The lowest BCUT2D eigenvalue weighted by atomic mass is 10.0.